The first-order valence-electron chi connectivity index (χ1n) is 7.87. The van der Waals surface area contributed by atoms with Crippen molar-refractivity contribution in [2.75, 3.05) is 6.61 Å². The number of fused-ring (bicyclic) bond motifs is 1. The molecule has 3 rings (SSSR count). The van der Waals surface area contributed by atoms with Crippen LogP contribution in [0.1, 0.15) is 33.5 Å². The number of ether oxygens (including phenoxy) is 1. The van der Waals surface area contributed by atoms with Gasteiger partial charge in [-0.15, -0.1) is 0 Å². The topological polar surface area (TPSA) is 43.4 Å². The predicted molar refractivity (Wildman–Crippen MR) is 89.2 cm³/mol. The van der Waals surface area contributed by atoms with Crippen LogP contribution in [0.2, 0.25) is 0 Å². The maximum Gasteiger partial charge on any atom is 0.331 e. The van der Waals surface area contributed by atoms with Gasteiger partial charge >= 0.3 is 5.97 Å². The summed E-state index contributed by atoms with van der Waals surface area (Å²) >= 11 is 0. The second-order valence-corrected chi connectivity index (χ2v) is 5.75. The molecule has 0 N–H and O–H groups in total. The molecule has 0 aromatic heterocycles. The monoisotopic (exact) mass is 324 g/mol. The fourth-order valence-corrected chi connectivity index (χ4v) is 2.75. The third kappa shape index (κ3) is 3.96. The van der Waals surface area contributed by atoms with Crippen LogP contribution in [0.4, 0.5) is 4.39 Å². The second kappa shape index (κ2) is 7.21. The molecule has 1 aliphatic rings. The molecule has 0 bridgehead atoms. The molecule has 0 saturated heterocycles. The average molecular weight is 324 g/mol. The first-order chi connectivity index (χ1) is 11.6. The van der Waals surface area contributed by atoms with E-state index >= 15 is 0 Å². The molecule has 0 amide bonds. The number of hydrogen-bond acceptors (Lipinski definition) is 3. The van der Waals surface area contributed by atoms with Crippen molar-refractivity contribution in [1.29, 1.82) is 0 Å². The molecule has 2 aromatic carbocycles. The highest BCUT2D eigenvalue weighted by molar-refractivity contribution is 5.99. The standard InChI is InChI=1S/C20H17FO3/c21-18-9-4-14(5-10-18)6-11-20(23)24-13-19(22)17-8-7-15-2-1-3-16(15)12-17/h4-12H,1-3,13H2/b11-6+. The number of esters is 1. The van der Waals surface area contributed by atoms with Gasteiger partial charge in [-0.3, -0.25) is 4.79 Å². The number of carbonyl (C=O) groups excluding carboxylic acids is 2. The van der Waals surface area contributed by atoms with Crippen LogP contribution in [0.25, 0.3) is 6.08 Å². The van der Waals surface area contributed by atoms with Crippen molar-refractivity contribution in [3.8, 4) is 0 Å². The summed E-state index contributed by atoms with van der Waals surface area (Å²) in [4.78, 5) is 23.8. The van der Waals surface area contributed by atoms with Gasteiger partial charge in [0.1, 0.15) is 5.82 Å². The molecular formula is C20H17FO3. The highest BCUT2D eigenvalue weighted by atomic mass is 19.1. The van der Waals surface area contributed by atoms with E-state index in [4.69, 9.17) is 4.74 Å². The number of rotatable bonds is 5. The van der Waals surface area contributed by atoms with Crippen molar-refractivity contribution in [2.24, 2.45) is 0 Å². The minimum atomic E-state index is -0.603. The van der Waals surface area contributed by atoms with E-state index in [2.05, 4.69) is 0 Å². The minimum Gasteiger partial charge on any atom is -0.454 e. The van der Waals surface area contributed by atoms with Crippen molar-refractivity contribution < 1.29 is 18.7 Å². The number of carbonyl (C=O) groups is 2. The number of halogens is 1. The Bertz CT molecular complexity index is 791. The van der Waals surface area contributed by atoms with E-state index in [1.165, 1.54) is 35.4 Å². The van der Waals surface area contributed by atoms with Crippen molar-refractivity contribution in [3.05, 3.63) is 76.6 Å². The highest BCUT2D eigenvalue weighted by Gasteiger charge is 2.14. The van der Waals surface area contributed by atoms with Gasteiger partial charge in [0.25, 0.3) is 0 Å². The Morgan fingerprint density at radius 1 is 1.04 bits per heavy atom. The van der Waals surface area contributed by atoms with Crippen LogP contribution in [0.3, 0.4) is 0 Å². The third-order valence-electron chi connectivity index (χ3n) is 4.05. The first-order valence-corrected chi connectivity index (χ1v) is 7.87. The van der Waals surface area contributed by atoms with E-state index < -0.39 is 5.97 Å². The smallest absolute Gasteiger partial charge is 0.331 e. The van der Waals surface area contributed by atoms with Crippen LogP contribution >= 0.6 is 0 Å². The van der Waals surface area contributed by atoms with Gasteiger partial charge in [-0.2, -0.15) is 0 Å². The van der Waals surface area contributed by atoms with Gasteiger partial charge in [0.15, 0.2) is 12.4 Å². The molecule has 0 spiro atoms. The van der Waals surface area contributed by atoms with Crippen LogP contribution in [-0.4, -0.2) is 18.4 Å². The first kappa shape index (κ1) is 16.1. The summed E-state index contributed by atoms with van der Waals surface area (Å²) in [6.45, 7) is -0.286. The second-order valence-electron chi connectivity index (χ2n) is 5.75. The van der Waals surface area contributed by atoms with Gasteiger partial charge in [-0.1, -0.05) is 24.3 Å². The number of ketones is 1. The molecule has 0 radical (unpaired) electrons. The zero-order valence-electron chi connectivity index (χ0n) is 13.1. The molecule has 0 heterocycles. The van der Waals surface area contributed by atoms with Crippen LogP contribution in [0.15, 0.2) is 48.5 Å². The van der Waals surface area contributed by atoms with E-state index in [1.807, 2.05) is 12.1 Å². The summed E-state index contributed by atoms with van der Waals surface area (Å²) in [5, 5.41) is 0. The molecule has 0 atom stereocenters. The summed E-state index contributed by atoms with van der Waals surface area (Å²) in [5.74, 6) is -1.16. The van der Waals surface area contributed by atoms with E-state index in [0.29, 0.717) is 11.1 Å². The van der Waals surface area contributed by atoms with Crippen molar-refractivity contribution in [1.82, 2.24) is 0 Å². The Morgan fingerprint density at radius 3 is 2.58 bits per heavy atom. The summed E-state index contributed by atoms with van der Waals surface area (Å²) in [6, 6.07) is 11.4. The minimum absolute atomic E-state index is 0.215. The molecule has 1 aliphatic carbocycles. The zero-order valence-corrected chi connectivity index (χ0v) is 13.1. The molecule has 0 saturated carbocycles. The normalized spacial score (nSPS) is 13.0. The molecule has 3 nitrogen and oxygen atoms in total. The van der Waals surface area contributed by atoms with Gasteiger partial charge in [-0.25, -0.2) is 9.18 Å². The fourth-order valence-electron chi connectivity index (χ4n) is 2.75. The number of benzene rings is 2. The SMILES string of the molecule is O=C(/C=C/c1ccc(F)cc1)OCC(=O)c1ccc2c(c1)CCC2. The molecule has 0 fully saturated rings. The average Bonchev–Trinajstić information content (AvgIpc) is 3.06. The van der Waals surface area contributed by atoms with E-state index in [0.717, 1.165) is 19.3 Å². The quantitative estimate of drug-likeness (QED) is 0.478. The lowest BCUT2D eigenvalue weighted by Gasteiger charge is -2.05. The third-order valence-corrected chi connectivity index (χ3v) is 4.05. The number of hydrogen-bond donors (Lipinski definition) is 0. The van der Waals surface area contributed by atoms with Crippen LogP contribution in [0, 0.1) is 5.82 Å². The van der Waals surface area contributed by atoms with Crippen molar-refractivity contribution >= 4 is 17.8 Å². The van der Waals surface area contributed by atoms with Crippen LogP contribution in [0.5, 0.6) is 0 Å². The van der Waals surface area contributed by atoms with E-state index in [1.54, 1.807) is 18.2 Å². The molecule has 122 valence electrons. The van der Waals surface area contributed by atoms with Gasteiger partial charge < -0.3 is 4.74 Å². The van der Waals surface area contributed by atoms with Crippen LogP contribution < -0.4 is 0 Å². The maximum atomic E-state index is 12.8. The fraction of sp³-hybridized carbons (Fsp3) is 0.200. The van der Waals surface area contributed by atoms with Crippen LogP contribution in [-0.2, 0) is 22.4 Å². The van der Waals surface area contributed by atoms with E-state index in [-0.39, 0.29) is 18.2 Å². The molecule has 4 heteroatoms. The Hall–Kier alpha value is -2.75. The summed E-state index contributed by atoms with van der Waals surface area (Å²) in [7, 11) is 0. The summed E-state index contributed by atoms with van der Waals surface area (Å²) in [6.07, 6.45) is 5.92. The molecule has 0 unspecified atom stereocenters. The number of Topliss-reactive ketones (excluding diaryl/α,β-unsaturated/α-hetero) is 1. The summed E-state index contributed by atoms with van der Waals surface area (Å²) in [5.41, 5.74) is 3.76. The molecule has 2 aromatic rings. The van der Waals surface area contributed by atoms with Gasteiger partial charge in [-0.05, 0) is 60.2 Å². The Balaban J connectivity index is 1.54. The summed E-state index contributed by atoms with van der Waals surface area (Å²) < 4.78 is 17.8. The lowest BCUT2D eigenvalue weighted by atomic mass is 10.0. The Labute approximate surface area is 139 Å². The Kier molecular flexibility index (Phi) is 4.85. The molecular weight excluding hydrogens is 307 g/mol. The highest BCUT2D eigenvalue weighted by Crippen LogP contribution is 2.23. The predicted octanol–water partition coefficient (Wildman–Crippen LogP) is 3.75. The lowest BCUT2D eigenvalue weighted by Crippen LogP contribution is -2.12. The van der Waals surface area contributed by atoms with Gasteiger partial charge in [0.2, 0.25) is 0 Å². The van der Waals surface area contributed by atoms with Crippen molar-refractivity contribution in [3.63, 3.8) is 0 Å². The maximum absolute atomic E-state index is 12.8. The van der Waals surface area contributed by atoms with E-state index in [9.17, 15) is 14.0 Å². The largest absolute Gasteiger partial charge is 0.454 e. The van der Waals surface area contributed by atoms with Gasteiger partial charge in [0, 0.05) is 11.6 Å². The van der Waals surface area contributed by atoms with Gasteiger partial charge in [0.05, 0.1) is 0 Å². The van der Waals surface area contributed by atoms with Crippen molar-refractivity contribution in [2.45, 2.75) is 19.3 Å². The molecule has 24 heavy (non-hydrogen) atoms. The lowest BCUT2D eigenvalue weighted by molar-refractivity contribution is -0.136. The molecule has 0 aliphatic heterocycles. The number of aryl methyl sites for hydroxylation is 2. The zero-order chi connectivity index (χ0) is 16.9. The Morgan fingerprint density at radius 2 is 1.79 bits per heavy atom.